The van der Waals surface area contributed by atoms with Crippen LogP contribution in [0.5, 0.6) is 0 Å². The van der Waals surface area contributed by atoms with Gasteiger partial charge in [-0.05, 0) is 33.9 Å². The quantitative estimate of drug-likeness (QED) is 0.442. The molecular weight excluding hydrogens is 194 g/mol. The third-order valence-corrected chi connectivity index (χ3v) is 3.61. The molecule has 0 amide bonds. The zero-order valence-electron chi connectivity index (χ0n) is 10.3. The van der Waals surface area contributed by atoms with Gasteiger partial charge in [-0.3, -0.25) is 0 Å². The number of unbranched alkanes of at least 4 members (excludes halogenated alkanes) is 4. The number of hydrogen-bond acceptors (Lipinski definition) is 1. The Balaban J connectivity index is 3.48. The monoisotopic (exact) mass is 219 g/mol. The molecule has 0 aliphatic carbocycles. The summed E-state index contributed by atoms with van der Waals surface area (Å²) in [6, 6.07) is 0. The summed E-state index contributed by atoms with van der Waals surface area (Å²) < 4.78 is 0. The van der Waals surface area contributed by atoms with E-state index in [1.54, 1.807) is 0 Å². The highest BCUT2D eigenvalue weighted by Crippen LogP contribution is 2.15. The SMILES string of the molecule is CCCCCCCN(C)C(C)(C)CCl. The first-order valence-corrected chi connectivity index (χ1v) is 6.35. The Morgan fingerprint density at radius 1 is 1.07 bits per heavy atom. The maximum Gasteiger partial charge on any atom is 0.0402 e. The molecule has 0 spiro atoms. The standard InChI is InChI=1S/C12H26ClN/c1-5-6-7-8-9-10-14(4)12(2,3)11-13/h5-11H2,1-4H3. The van der Waals surface area contributed by atoms with Gasteiger partial charge in [-0.25, -0.2) is 0 Å². The molecule has 0 heterocycles. The van der Waals surface area contributed by atoms with Gasteiger partial charge in [0.1, 0.15) is 0 Å². The Labute approximate surface area is 94.8 Å². The molecule has 0 aliphatic rings. The van der Waals surface area contributed by atoms with E-state index >= 15 is 0 Å². The molecule has 0 N–H and O–H groups in total. The first kappa shape index (κ1) is 14.2. The topological polar surface area (TPSA) is 3.24 Å². The van der Waals surface area contributed by atoms with Crippen molar-refractivity contribution in [2.45, 2.75) is 58.4 Å². The van der Waals surface area contributed by atoms with E-state index in [-0.39, 0.29) is 5.54 Å². The molecule has 0 aromatic heterocycles. The second-order valence-electron chi connectivity index (χ2n) is 4.78. The van der Waals surface area contributed by atoms with Gasteiger partial charge in [-0.2, -0.15) is 0 Å². The van der Waals surface area contributed by atoms with Gasteiger partial charge in [0.15, 0.2) is 0 Å². The van der Waals surface area contributed by atoms with Crippen molar-refractivity contribution >= 4 is 11.6 Å². The van der Waals surface area contributed by atoms with Crippen LogP contribution in [0.3, 0.4) is 0 Å². The van der Waals surface area contributed by atoms with E-state index in [1.165, 1.54) is 38.6 Å². The summed E-state index contributed by atoms with van der Waals surface area (Å²) in [5, 5.41) is 0. The van der Waals surface area contributed by atoms with Gasteiger partial charge >= 0.3 is 0 Å². The third-order valence-electron chi connectivity index (χ3n) is 2.96. The predicted octanol–water partition coefficient (Wildman–Crippen LogP) is 3.91. The summed E-state index contributed by atoms with van der Waals surface area (Å²) in [5.74, 6) is 0.707. The maximum atomic E-state index is 5.91. The lowest BCUT2D eigenvalue weighted by Gasteiger charge is -2.33. The minimum Gasteiger partial charge on any atom is -0.300 e. The Hall–Kier alpha value is 0.250. The van der Waals surface area contributed by atoms with Crippen LogP contribution in [-0.2, 0) is 0 Å². The molecule has 0 rings (SSSR count). The molecule has 0 atom stereocenters. The van der Waals surface area contributed by atoms with Gasteiger partial charge in [0.25, 0.3) is 0 Å². The summed E-state index contributed by atoms with van der Waals surface area (Å²) in [6.45, 7) is 7.82. The zero-order valence-corrected chi connectivity index (χ0v) is 11.0. The number of halogens is 1. The molecule has 0 unspecified atom stereocenters. The Kier molecular flexibility index (Phi) is 7.66. The molecule has 0 saturated carbocycles. The van der Waals surface area contributed by atoms with Crippen molar-refractivity contribution in [3.8, 4) is 0 Å². The van der Waals surface area contributed by atoms with Crippen molar-refractivity contribution in [2.75, 3.05) is 19.5 Å². The lowest BCUT2D eigenvalue weighted by molar-refractivity contribution is 0.175. The Morgan fingerprint density at radius 3 is 2.14 bits per heavy atom. The van der Waals surface area contributed by atoms with Crippen molar-refractivity contribution in [3.63, 3.8) is 0 Å². The minimum atomic E-state index is 0.145. The summed E-state index contributed by atoms with van der Waals surface area (Å²) >= 11 is 5.91. The highest BCUT2D eigenvalue weighted by molar-refractivity contribution is 6.18. The average Bonchev–Trinajstić information content (AvgIpc) is 2.17. The van der Waals surface area contributed by atoms with Crippen molar-refractivity contribution < 1.29 is 0 Å². The molecule has 14 heavy (non-hydrogen) atoms. The molecule has 86 valence electrons. The van der Waals surface area contributed by atoms with E-state index in [0.717, 1.165) is 0 Å². The molecule has 0 aliphatic heterocycles. The van der Waals surface area contributed by atoms with Crippen molar-refractivity contribution in [1.29, 1.82) is 0 Å². The molecule has 0 aromatic carbocycles. The molecule has 2 heteroatoms. The first-order chi connectivity index (χ1) is 6.54. The minimum absolute atomic E-state index is 0.145. The number of alkyl halides is 1. The van der Waals surface area contributed by atoms with Gasteiger partial charge in [0, 0.05) is 11.4 Å². The lowest BCUT2D eigenvalue weighted by Crippen LogP contribution is -2.43. The van der Waals surface area contributed by atoms with Crippen molar-refractivity contribution in [1.82, 2.24) is 4.90 Å². The van der Waals surface area contributed by atoms with Crippen molar-refractivity contribution in [2.24, 2.45) is 0 Å². The van der Waals surface area contributed by atoms with Crippen LogP contribution in [0.4, 0.5) is 0 Å². The molecule has 1 nitrogen and oxygen atoms in total. The fourth-order valence-corrected chi connectivity index (χ4v) is 1.56. The second kappa shape index (κ2) is 7.53. The third kappa shape index (κ3) is 5.87. The Morgan fingerprint density at radius 2 is 1.64 bits per heavy atom. The van der Waals surface area contributed by atoms with E-state index in [9.17, 15) is 0 Å². The van der Waals surface area contributed by atoms with E-state index in [1.807, 2.05) is 0 Å². The lowest BCUT2D eigenvalue weighted by atomic mass is 10.1. The largest absolute Gasteiger partial charge is 0.300 e. The predicted molar refractivity (Wildman–Crippen MR) is 66.2 cm³/mol. The molecule has 0 bridgehead atoms. The van der Waals surface area contributed by atoms with Crippen LogP contribution in [0, 0.1) is 0 Å². The fourth-order valence-electron chi connectivity index (χ4n) is 1.36. The van der Waals surface area contributed by atoms with Crippen LogP contribution in [-0.4, -0.2) is 29.9 Å². The molecule has 0 aromatic rings. The average molecular weight is 220 g/mol. The maximum absolute atomic E-state index is 5.91. The van der Waals surface area contributed by atoms with Crippen LogP contribution in [0.15, 0.2) is 0 Å². The number of hydrogen-bond donors (Lipinski definition) is 0. The van der Waals surface area contributed by atoms with Crippen LogP contribution in [0.2, 0.25) is 0 Å². The fraction of sp³-hybridized carbons (Fsp3) is 1.00. The first-order valence-electron chi connectivity index (χ1n) is 5.81. The highest BCUT2D eigenvalue weighted by atomic mass is 35.5. The van der Waals surface area contributed by atoms with Gasteiger partial charge in [-0.1, -0.05) is 32.6 Å². The summed E-state index contributed by atoms with van der Waals surface area (Å²) in [6.07, 6.45) is 6.74. The van der Waals surface area contributed by atoms with Crippen LogP contribution in [0.1, 0.15) is 52.9 Å². The highest BCUT2D eigenvalue weighted by Gasteiger charge is 2.21. The second-order valence-corrected chi connectivity index (χ2v) is 5.05. The molecule has 0 fully saturated rings. The van der Waals surface area contributed by atoms with Gasteiger partial charge in [0.2, 0.25) is 0 Å². The van der Waals surface area contributed by atoms with Crippen LogP contribution in [0.25, 0.3) is 0 Å². The number of rotatable bonds is 8. The van der Waals surface area contributed by atoms with E-state index in [0.29, 0.717) is 5.88 Å². The normalized spacial score (nSPS) is 12.4. The van der Waals surface area contributed by atoms with Gasteiger partial charge in [0.05, 0.1) is 0 Å². The Bertz CT molecular complexity index is 134. The van der Waals surface area contributed by atoms with E-state index < -0.39 is 0 Å². The van der Waals surface area contributed by atoms with Crippen LogP contribution < -0.4 is 0 Å². The summed E-state index contributed by atoms with van der Waals surface area (Å²) in [7, 11) is 2.17. The molecular formula is C12H26ClN. The van der Waals surface area contributed by atoms with Crippen molar-refractivity contribution in [3.05, 3.63) is 0 Å². The smallest absolute Gasteiger partial charge is 0.0402 e. The zero-order chi connectivity index (χ0) is 11.0. The van der Waals surface area contributed by atoms with Gasteiger partial charge in [-0.15, -0.1) is 11.6 Å². The number of nitrogens with zero attached hydrogens (tertiary/aromatic N) is 1. The molecule has 0 saturated heterocycles. The van der Waals surface area contributed by atoms with E-state index in [4.69, 9.17) is 11.6 Å². The van der Waals surface area contributed by atoms with Crippen LogP contribution >= 0.6 is 11.6 Å². The van der Waals surface area contributed by atoms with E-state index in [2.05, 4.69) is 32.7 Å². The van der Waals surface area contributed by atoms with Gasteiger partial charge < -0.3 is 4.90 Å². The molecule has 0 radical (unpaired) electrons. The summed E-state index contributed by atoms with van der Waals surface area (Å²) in [5.41, 5.74) is 0.145. The summed E-state index contributed by atoms with van der Waals surface area (Å²) in [4.78, 5) is 2.37.